The molecule has 0 aromatic heterocycles. The third-order valence-electron chi connectivity index (χ3n) is 2.98. The van der Waals surface area contributed by atoms with Crippen LogP contribution < -0.4 is 15.8 Å². The second kappa shape index (κ2) is 5.78. The van der Waals surface area contributed by atoms with Crippen LogP contribution in [0.2, 0.25) is 0 Å². The SMILES string of the molecule is NS(=O)(=O)CCCC(=O)NC1C(=O)Nc2ccc(F)cc21. The number of carbonyl (C=O) groups is 2. The quantitative estimate of drug-likeness (QED) is 0.709. The second-order valence-electron chi connectivity index (χ2n) is 4.69. The van der Waals surface area contributed by atoms with Crippen molar-refractivity contribution in [2.45, 2.75) is 18.9 Å². The normalized spacial score (nSPS) is 17.2. The van der Waals surface area contributed by atoms with Crippen molar-refractivity contribution in [3.05, 3.63) is 29.6 Å². The van der Waals surface area contributed by atoms with Gasteiger partial charge in [-0.2, -0.15) is 0 Å². The molecule has 1 aromatic rings. The van der Waals surface area contributed by atoms with Crippen LogP contribution >= 0.6 is 0 Å². The summed E-state index contributed by atoms with van der Waals surface area (Å²) in [6, 6.07) is 2.81. The lowest BCUT2D eigenvalue weighted by Gasteiger charge is -2.11. The van der Waals surface area contributed by atoms with Gasteiger partial charge in [0.25, 0.3) is 5.91 Å². The Hall–Kier alpha value is -2.00. The average molecular weight is 315 g/mol. The van der Waals surface area contributed by atoms with Crippen LogP contribution in [0, 0.1) is 5.82 Å². The smallest absolute Gasteiger partial charge is 0.251 e. The van der Waals surface area contributed by atoms with E-state index >= 15 is 0 Å². The summed E-state index contributed by atoms with van der Waals surface area (Å²) in [6.07, 6.45) is -0.0418. The predicted molar refractivity (Wildman–Crippen MR) is 73.1 cm³/mol. The summed E-state index contributed by atoms with van der Waals surface area (Å²) in [4.78, 5) is 23.5. The molecule has 1 aliphatic heterocycles. The van der Waals surface area contributed by atoms with Crippen molar-refractivity contribution in [1.29, 1.82) is 0 Å². The third-order valence-corrected chi connectivity index (χ3v) is 3.84. The molecule has 1 aliphatic rings. The molecule has 1 heterocycles. The van der Waals surface area contributed by atoms with Gasteiger partial charge in [0.15, 0.2) is 0 Å². The standard InChI is InChI=1S/C12H14FN3O4S/c13-7-3-4-9-8(6-7)11(12(18)15-9)16-10(17)2-1-5-21(14,19)20/h3-4,6,11H,1-2,5H2,(H,15,18)(H,16,17)(H2,14,19,20). The number of halogens is 1. The van der Waals surface area contributed by atoms with E-state index in [4.69, 9.17) is 5.14 Å². The summed E-state index contributed by atoms with van der Waals surface area (Å²) >= 11 is 0. The number of carbonyl (C=O) groups excluding carboxylic acids is 2. The van der Waals surface area contributed by atoms with Gasteiger partial charge in [0, 0.05) is 17.7 Å². The van der Waals surface area contributed by atoms with Crippen molar-refractivity contribution in [2.75, 3.05) is 11.1 Å². The molecule has 1 unspecified atom stereocenters. The topological polar surface area (TPSA) is 118 Å². The van der Waals surface area contributed by atoms with Gasteiger partial charge in [-0.05, 0) is 24.6 Å². The number of hydrogen-bond donors (Lipinski definition) is 3. The summed E-state index contributed by atoms with van der Waals surface area (Å²) < 4.78 is 34.7. The summed E-state index contributed by atoms with van der Waals surface area (Å²) in [6.45, 7) is 0. The molecule has 9 heteroatoms. The summed E-state index contributed by atoms with van der Waals surface area (Å²) in [5.74, 6) is -1.80. The van der Waals surface area contributed by atoms with Crippen LogP contribution in [0.15, 0.2) is 18.2 Å². The van der Waals surface area contributed by atoms with Gasteiger partial charge in [-0.1, -0.05) is 0 Å². The van der Waals surface area contributed by atoms with Crippen LogP contribution in [0.5, 0.6) is 0 Å². The first-order chi connectivity index (χ1) is 9.76. The molecule has 21 heavy (non-hydrogen) atoms. The number of primary sulfonamides is 1. The van der Waals surface area contributed by atoms with E-state index in [-0.39, 0.29) is 18.6 Å². The minimum atomic E-state index is -3.62. The van der Waals surface area contributed by atoms with E-state index in [1.165, 1.54) is 18.2 Å². The second-order valence-corrected chi connectivity index (χ2v) is 6.43. The molecule has 1 atom stereocenters. The van der Waals surface area contributed by atoms with Crippen LogP contribution in [0.1, 0.15) is 24.4 Å². The molecule has 2 rings (SSSR count). The Balaban J connectivity index is 1.99. The minimum Gasteiger partial charge on any atom is -0.340 e. The van der Waals surface area contributed by atoms with Crippen molar-refractivity contribution in [1.82, 2.24) is 5.32 Å². The van der Waals surface area contributed by atoms with Gasteiger partial charge in [-0.3, -0.25) is 9.59 Å². The van der Waals surface area contributed by atoms with Crippen LogP contribution in [0.3, 0.4) is 0 Å². The summed E-state index contributed by atoms with van der Waals surface area (Å²) in [5.41, 5.74) is 0.788. The zero-order chi connectivity index (χ0) is 15.6. The zero-order valence-corrected chi connectivity index (χ0v) is 11.7. The Bertz CT molecular complexity index is 690. The highest BCUT2D eigenvalue weighted by Gasteiger charge is 2.31. The molecule has 0 radical (unpaired) electrons. The number of anilines is 1. The molecule has 0 fully saturated rings. The van der Waals surface area contributed by atoms with Crippen molar-refractivity contribution in [2.24, 2.45) is 5.14 Å². The molecule has 0 bridgehead atoms. The maximum Gasteiger partial charge on any atom is 0.251 e. The molecule has 2 amide bonds. The summed E-state index contributed by atoms with van der Waals surface area (Å²) in [7, 11) is -3.62. The Morgan fingerprint density at radius 3 is 2.81 bits per heavy atom. The first-order valence-electron chi connectivity index (χ1n) is 6.16. The lowest BCUT2D eigenvalue weighted by Crippen LogP contribution is -2.33. The van der Waals surface area contributed by atoms with Gasteiger partial charge in [-0.15, -0.1) is 0 Å². The molecule has 7 nitrogen and oxygen atoms in total. The van der Waals surface area contributed by atoms with Gasteiger partial charge in [0.1, 0.15) is 11.9 Å². The van der Waals surface area contributed by atoms with E-state index in [9.17, 15) is 22.4 Å². The van der Waals surface area contributed by atoms with Gasteiger partial charge >= 0.3 is 0 Å². The van der Waals surface area contributed by atoms with E-state index in [0.29, 0.717) is 11.3 Å². The van der Waals surface area contributed by atoms with Crippen molar-refractivity contribution in [3.8, 4) is 0 Å². The highest BCUT2D eigenvalue weighted by molar-refractivity contribution is 7.89. The fourth-order valence-corrected chi connectivity index (χ4v) is 2.59. The number of nitrogens with two attached hydrogens (primary N) is 1. The first kappa shape index (κ1) is 15.4. The van der Waals surface area contributed by atoms with Crippen LogP contribution in [-0.4, -0.2) is 26.0 Å². The summed E-state index contributed by atoms with van der Waals surface area (Å²) in [5, 5.41) is 9.79. The zero-order valence-electron chi connectivity index (χ0n) is 10.9. The number of sulfonamides is 1. The monoisotopic (exact) mass is 315 g/mol. The van der Waals surface area contributed by atoms with Crippen LogP contribution in [0.25, 0.3) is 0 Å². The predicted octanol–water partition coefficient (Wildman–Crippen LogP) is 0.00380. The number of rotatable bonds is 5. The van der Waals surface area contributed by atoms with Crippen LogP contribution in [0.4, 0.5) is 10.1 Å². The number of hydrogen-bond acceptors (Lipinski definition) is 4. The van der Waals surface area contributed by atoms with Crippen LogP contribution in [-0.2, 0) is 19.6 Å². The number of nitrogens with one attached hydrogen (secondary N) is 2. The fraction of sp³-hybridized carbons (Fsp3) is 0.333. The minimum absolute atomic E-state index is 0.0506. The van der Waals surface area contributed by atoms with E-state index in [0.717, 1.165) is 0 Å². The molecule has 0 aliphatic carbocycles. The molecule has 114 valence electrons. The number of benzene rings is 1. The highest BCUT2D eigenvalue weighted by atomic mass is 32.2. The lowest BCUT2D eigenvalue weighted by molar-refractivity contribution is -0.126. The third kappa shape index (κ3) is 3.99. The molecule has 0 saturated heterocycles. The average Bonchev–Trinajstić information content (AvgIpc) is 2.64. The maximum atomic E-state index is 13.2. The molecular formula is C12H14FN3O4S. The fourth-order valence-electron chi connectivity index (χ4n) is 2.04. The van der Waals surface area contributed by atoms with Gasteiger partial charge in [0.2, 0.25) is 15.9 Å². The van der Waals surface area contributed by atoms with Crippen molar-refractivity contribution in [3.63, 3.8) is 0 Å². The largest absolute Gasteiger partial charge is 0.340 e. The van der Waals surface area contributed by atoms with Crippen molar-refractivity contribution >= 4 is 27.5 Å². The van der Waals surface area contributed by atoms with Gasteiger partial charge in [0.05, 0.1) is 5.75 Å². The lowest BCUT2D eigenvalue weighted by atomic mass is 10.1. The Labute approximate surface area is 120 Å². The molecule has 1 aromatic carbocycles. The number of amides is 2. The van der Waals surface area contributed by atoms with E-state index in [1.54, 1.807) is 0 Å². The number of fused-ring (bicyclic) bond motifs is 1. The Morgan fingerprint density at radius 1 is 1.43 bits per heavy atom. The van der Waals surface area contributed by atoms with Gasteiger partial charge in [-0.25, -0.2) is 17.9 Å². The first-order valence-corrected chi connectivity index (χ1v) is 7.88. The highest BCUT2D eigenvalue weighted by Crippen LogP contribution is 2.31. The van der Waals surface area contributed by atoms with Crippen molar-refractivity contribution < 1.29 is 22.4 Å². The van der Waals surface area contributed by atoms with E-state index in [2.05, 4.69) is 10.6 Å². The van der Waals surface area contributed by atoms with E-state index in [1.807, 2.05) is 0 Å². The van der Waals surface area contributed by atoms with E-state index < -0.39 is 33.7 Å². The molecule has 0 spiro atoms. The maximum absolute atomic E-state index is 13.2. The Morgan fingerprint density at radius 2 is 2.14 bits per heavy atom. The Kier molecular flexibility index (Phi) is 4.24. The molecule has 0 saturated carbocycles. The molecular weight excluding hydrogens is 301 g/mol. The molecule has 4 N–H and O–H groups in total. The van der Waals surface area contributed by atoms with Gasteiger partial charge < -0.3 is 10.6 Å².